The summed E-state index contributed by atoms with van der Waals surface area (Å²) in [7, 11) is 0. The molecule has 0 radical (unpaired) electrons. The number of hydrogen-bond acceptors (Lipinski definition) is 4. The van der Waals surface area contributed by atoms with Crippen LogP contribution in [0.25, 0.3) is 88.6 Å². The molecule has 1 atom stereocenters. The van der Waals surface area contributed by atoms with Crippen LogP contribution in [0, 0.1) is 0 Å². The van der Waals surface area contributed by atoms with E-state index in [9.17, 15) is 0 Å². The first kappa shape index (κ1) is 31.4. The lowest BCUT2D eigenvalue weighted by molar-refractivity contribution is 0.666. The lowest BCUT2D eigenvalue weighted by atomic mass is 9.99. The predicted molar refractivity (Wildman–Crippen MR) is 225 cm³/mol. The number of nitrogens with zero attached hydrogens (tertiary/aromatic N) is 4. The third kappa shape index (κ3) is 5.27. The van der Waals surface area contributed by atoms with Gasteiger partial charge in [0.05, 0.1) is 16.7 Å². The van der Waals surface area contributed by atoms with Crippen LogP contribution < -0.4 is 0 Å². The highest BCUT2D eigenvalue weighted by molar-refractivity contribution is 6.16. The van der Waals surface area contributed by atoms with E-state index in [4.69, 9.17) is 19.4 Å². The molecule has 3 aromatic heterocycles. The van der Waals surface area contributed by atoms with Crippen molar-refractivity contribution in [2.24, 2.45) is 0 Å². The molecule has 0 amide bonds. The number of aromatic nitrogens is 4. The Labute approximate surface area is 318 Å². The maximum Gasteiger partial charge on any atom is 0.164 e. The summed E-state index contributed by atoms with van der Waals surface area (Å²) in [6.07, 6.45) is 16.5. The zero-order valence-electron chi connectivity index (χ0n) is 29.9. The van der Waals surface area contributed by atoms with Gasteiger partial charge in [-0.05, 0) is 59.4 Å². The molecule has 0 saturated heterocycles. The highest BCUT2D eigenvalue weighted by atomic mass is 16.3. The molecule has 3 heterocycles. The summed E-state index contributed by atoms with van der Waals surface area (Å²) < 4.78 is 9.32. The van der Waals surface area contributed by atoms with Crippen molar-refractivity contribution in [2.75, 3.05) is 0 Å². The van der Waals surface area contributed by atoms with Gasteiger partial charge < -0.3 is 8.98 Å². The molecular weight excluding hydrogens is 673 g/mol. The number of fused-ring (bicyclic) bond motifs is 6. The Bertz CT molecular complexity index is 2990. The maximum atomic E-state index is 6.94. The van der Waals surface area contributed by atoms with E-state index in [0.29, 0.717) is 5.82 Å². The fraction of sp³-hybridized carbons (Fsp3) is 0.0600. The van der Waals surface area contributed by atoms with Gasteiger partial charge in [0.15, 0.2) is 17.2 Å². The van der Waals surface area contributed by atoms with Gasteiger partial charge in [-0.2, -0.15) is 0 Å². The highest BCUT2D eigenvalue weighted by Crippen LogP contribution is 2.42. The van der Waals surface area contributed by atoms with Gasteiger partial charge in [-0.1, -0.05) is 152 Å². The number of para-hydroxylation sites is 1. The molecule has 0 saturated carbocycles. The molecule has 11 rings (SSSR count). The monoisotopic (exact) mass is 706 g/mol. The summed E-state index contributed by atoms with van der Waals surface area (Å²) >= 11 is 0. The second kappa shape index (κ2) is 12.8. The number of rotatable bonds is 6. The fourth-order valence-corrected chi connectivity index (χ4v) is 8.30. The molecule has 9 aromatic rings. The van der Waals surface area contributed by atoms with Crippen LogP contribution in [-0.4, -0.2) is 19.5 Å². The van der Waals surface area contributed by atoms with Crippen molar-refractivity contribution in [3.05, 3.63) is 188 Å². The smallest absolute Gasteiger partial charge is 0.164 e. The Morgan fingerprint density at radius 3 is 1.95 bits per heavy atom. The molecule has 0 N–H and O–H groups in total. The van der Waals surface area contributed by atoms with Crippen LogP contribution in [0.5, 0.6) is 0 Å². The minimum absolute atomic E-state index is 0.0872. The minimum Gasteiger partial charge on any atom is -0.454 e. The molecule has 0 bridgehead atoms. The maximum absolute atomic E-state index is 6.94. The van der Waals surface area contributed by atoms with Gasteiger partial charge in [-0.25, -0.2) is 15.0 Å². The molecule has 1 unspecified atom stereocenters. The lowest BCUT2D eigenvalue weighted by Gasteiger charge is -2.15. The Kier molecular flexibility index (Phi) is 7.30. The van der Waals surface area contributed by atoms with Crippen LogP contribution in [0.1, 0.15) is 30.4 Å². The number of allylic oxidation sites excluding steroid dienone is 8. The first-order valence-corrected chi connectivity index (χ1v) is 18.9. The van der Waals surface area contributed by atoms with Crippen molar-refractivity contribution in [3.63, 3.8) is 0 Å². The first-order chi connectivity index (χ1) is 27.3. The van der Waals surface area contributed by atoms with Crippen molar-refractivity contribution in [2.45, 2.75) is 18.8 Å². The van der Waals surface area contributed by atoms with Gasteiger partial charge in [-0.15, -0.1) is 0 Å². The standard InChI is InChI=1S/C50H34N4O/c1-4-14-32(15-5-1)36-26-28-38-39-29-27-37(33-16-6-2-7-17-33)31-44(39)54(43(38)30-36)42-24-12-22-40-46-41(23-13-25-45(46)55-47(40)42)50-52-48(34-18-8-3-9-19-34)51-49(53-50)35-20-10-11-21-35/h1-18,20,22-31,34H,19,21H2. The van der Waals surface area contributed by atoms with E-state index in [1.807, 2.05) is 6.07 Å². The Balaban J connectivity index is 1.16. The highest BCUT2D eigenvalue weighted by Gasteiger charge is 2.23. The zero-order valence-corrected chi connectivity index (χ0v) is 29.9. The molecule has 2 aliphatic rings. The summed E-state index contributed by atoms with van der Waals surface area (Å²) in [6, 6.07) is 47.5. The number of furan rings is 1. The topological polar surface area (TPSA) is 56.7 Å². The van der Waals surface area contributed by atoms with Crippen LogP contribution in [0.15, 0.2) is 180 Å². The quantitative estimate of drug-likeness (QED) is 0.173. The molecule has 0 spiro atoms. The lowest BCUT2D eigenvalue weighted by Crippen LogP contribution is -2.09. The molecule has 0 aliphatic heterocycles. The minimum atomic E-state index is 0.0872. The first-order valence-electron chi connectivity index (χ1n) is 18.9. The molecular formula is C50H34N4O. The van der Waals surface area contributed by atoms with Gasteiger partial charge >= 0.3 is 0 Å². The van der Waals surface area contributed by atoms with E-state index in [1.165, 1.54) is 21.9 Å². The van der Waals surface area contributed by atoms with Crippen molar-refractivity contribution >= 4 is 49.3 Å². The van der Waals surface area contributed by atoms with Crippen LogP contribution in [0.4, 0.5) is 0 Å². The molecule has 6 aromatic carbocycles. The number of benzene rings is 6. The third-order valence-corrected chi connectivity index (χ3v) is 11.0. The Morgan fingerprint density at radius 1 is 0.564 bits per heavy atom. The Hall–Kier alpha value is -7.11. The van der Waals surface area contributed by atoms with Gasteiger partial charge in [0, 0.05) is 38.6 Å². The van der Waals surface area contributed by atoms with Gasteiger partial charge in [0.25, 0.3) is 0 Å². The van der Waals surface area contributed by atoms with Crippen molar-refractivity contribution < 1.29 is 4.42 Å². The van der Waals surface area contributed by atoms with Gasteiger partial charge in [0.2, 0.25) is 0 Å². The van der Waals surface area contributed by atoms with Crippen LogP contribution >= 0.6 is 0 Å². The van der Waals surface area contributed by atoms with Crippen LogP contribution in [-0.2, 0) is 0 Å². The zero-order chi connectivity index (χ0) is 36.3. The van der Waals surface area contributed by atoms with E-state index in [0.717, 1.165) is 85.4 Å². The molecule has 260 valence electrons. The summed E-state index contributed by atoms with van der Waals surface area (Å²) in [5.74, 6) is 2.26. The van der Waals surface area contributed by atoms with Crippen molar-refractivity contribution in [3.8, 4) is 39.3 Å². The van der Waals surface area contributed by atoms with Crippen LogP contribution in [0.3, 0.4) is 0 Å². The van der Waals surface area contributed by atoms with Gasteiger partial charge in [0.1, 0.15) is 11.4 Å². The summed E-state index contributed by atoms with van der Waals surface area (Å²) in [5.41, 5.74) is 11.5. The second-order valence-corrected chi connectivity index (χ2v) is 14.3. The average Bonchev–Trinajstić information content (AvgIpc) is 4.01. The molecule has 5 nitrogen and oxygen atoms in total. The van der Waals surface area contributed by atoms with Crippen LogP contribution in [0.2, 0.25) is 0 Å². The Morgan fingerprint density at radius 2 is 1.27 bits per heavy atom. The largest absolute Gasteiger partial charge is 0.454 e. The molecule has 5 heteroatoms. The van der Waals surface area contributed by atoms with E-state index >= 15 is 0 Å². The molecule has 55 heavy (non-hydrogen) atoms. The summed E-state index contributed by atoms with van der Waals surface area (Å²) in [6.45, 7) is 0. The van der Waals surface area contributed by atoms with Crippen molar-refractivity contribution in [1.82, 2.24) is 19.5 Å². The molecule has 0 fully saturated rings. The van der Waals surface area contributed by atoms with Gasteiger partial charge in [-0.3, -0.25) is 0 Å². The molecule has 2 aliphatic carbocycles. The predicted octanol–water partition coefficient (Wildman–Crippen LogP) is 12.8. The van der Waals surface area contributed by atoms with E-state index in [1.54, 1.807) is 0 Å². The van der Waals surface area contributed by atoms with E-state index in [-0.39, 0.29) is 5.92 Å². The number of hydrogen-bond donors (Lipinski definition) is 0. The van der Waals surface area contributed by atoms with E-state index < -0.39 is 0 Å². The normalized spacial score (nSPS) is 15.2. The van der Waals surface area contributed by atoms with E-state index in [2.05, 4.69) is 174 Å². The SMILES string of the molecule is C1=CCC(c2nc(-c3cccc4oc5c(-n6c7cc(-c8ccccc8)ccc7c7ccc(-c8ccccc8)cc76)cccc5c34)nc(C3C=CC=CC3)n2)=C1. The summed E-state index contributed by atoms with van der Waals surface area (Å²) in [4.78, 5) is 15.3. The fourth-order valence-electron chi connectivity index (χ4n) is 8.30. The third-order valence-electron chi connectivity index (χ3n) is 11.0. The summed E-state index contributed by atoms with van der Waals surface area (Å²) in [5, 5.41) is 4.39. The average molecular weight is 707 g/mol. The van der Waals surface area contributed by atoms with Crippen molar-refractivity contribution in [1.29, 1.82) is 0 Å². The second-order valence-electron chi connectivity index (χ2n) is 14.3.